The van der Waals surface area contributed by atoms with Gasteiger partial charge in [0, 0.05) is 11.1 Å². The monoisotopic (exact) mass is 272 g/mol. The molecule has 0 heterocycles. The van der Waals surface area contributed by atoms with Gasteiger partial charge in [-0.25, -0.2) is 0 Å². The molecule has 0 atom stereocenters. The number of phenolic OH excluding ortho intramolecular Hbond substituents is 1. The molecule has 3 rings (SSSR count). The van der Waals surface area contributed by atoms with Gasteiger partial charge >= 0.3 is 0 Å². The summed E-state index contributed by atoms with van der Waals surface area (Å²) in [5, 5.41) is 10.5. The Morgan fingerprint density at radius 2 is 1.29 bits per heavy atom. The average molecular weight is 272 g/mol. The lowest BCUT2D eigenvalue weighted by Gasteiger charge is -2.07. The molecule has 0 aliphatic heterocycles. The third-order valence-corrected chi connectivity index (χ3v) is 3.41. The number of para-hydroxylation sites is 1. The summed E-state index contributed by atoms with van der Waals surface area (Å²) < 4.78 is 0. The van der Waals surface area contributed by atoms with E-state index >= 15 is 0 Å². The Balaban J connectivity index is 1.96. The molecule has 0 fully saturated rings. The first-order valence-corrected chi connectivity index (χ1v) is 6.95. The summed E-state index contributed by atoms with van der Waals surface area (Å²) in [5.74, 6) is 0.316. The molecule has 0 amide bonds. The Bertz CT molecular complexity index is 743. The van der Waals surface area contributed by atoms with E-state index in [0.29, 0.717) is 5.75 Å². The maximum absolute atomic E-state index is 10.5. The van der Waals surface area contributed by atoms with E-state index in [2.05, 4.69) is 0 Å². The third kappa shape index (κ3) is 3.03. The molecule has 21 heavy (non-hydrogen) atoms. The fourth-order valence-corrected chi connectivity index (χ4v) is 2.30. The van der Waals surface area contributed by atoms with Gasteiger partial charge in [0.1, 0.15) is 5.75 Å². The van der Waals surface area contributed by atoms with Gasteiger partial charge in [-0.05, 0) is 11.1 Å². The van der Waals surface area contributed by atoms with Crippen LogP contribution in [0.4, 0.5) is 0 Å². The van der Waals surface area contributed by atoms with E-state index in [1.807, 2.05) is 91.0 Å². The second kappa shape index (κ2) is 6.10. The molecule has 0 aliphatic rings. The number of rotatable bonds is 3. The average Bonchev–Trinajstić information content (AvgIpc) is 2.56. The molecule has 0 bridgehead atoms. The zero-order chi connectivity index (χ0) is 14.5. The van der Waals surface area contributed by atoms with Crippen molar-refractivity contribution in [3.8, 4) is 16.9 Å². The summed E-state index contributed by atoms with van der Waals surface area (Å²) in [4.78, 5) is 0. The predicted octanol–water partition coefficient (Wildman–Crippen LogP) is 5.23. The smallest absolute Gasteiger partial charge is 0.130 e. The highest BCUT2D eigenvalue weighted by atomic mass is 16.3. The number of hydrogen-bond acceptors (Lipinski definition) is 1. The molecule has 0 unspecified atom stereocenters. The number of aromatic hydroxyl groups is 1. The first kappa shape index (κ1) is 13.2. The molecule has 102 valence electrons. The maximum atomic E-state index is 10.5. The molecule has 0 saturated carbocycles. The van der Waals surface area contributed by atoms with Crippen molar-refractivity contribution in [1.29, 1.82) is 0 Å². The van der Waals surface area contributed by atoms with Gasteiger partial charge < -0.3 is 5.11 Å². The highest BCUT2D eigenvalue weighted by Crippen LogP contribution is 2.32. The molecule has 1 heteroatoms. The number of phenols is 1. The molecule has 0 radical (unpaired) electrons. The van der Waals surface area contributed by atoms with Crippen LogP contribution < -0.4 is 0 Å². The lowest BCUT2D eigenvalue weighted by molar-refractivity contribution is 0.476. The normalized spacial score (nSPS) is 10.9. The first-order chi connectivity index (χ1) is 10.3. The lowest BCUT2D eigenvalue weighted by Crippen LogP contribution is -1.82. The summed E-state index contributed by atoms with van der Waals surface area (Å²) >= 11 is 0. The fourth-order valence-electron chi connectivity index (χ4n) is 2.30. The minimum atomic E-state index is 0.316. The molecular weight excluding hydrogens is 256 g/mol. The molecule has 1 N–H and O–H groups in total. The van der Waals surface area contributed by atoms with Crippen LogP contribution in [-0.2, 0) is 0 Å². The van der Waals surface area contributed by atoms with Crippen LogP contribution in [0.15, 0.2) is 78.9 Å². The molecule has 0 aliphatic carbocycles. The Morgan fingerprint density at radius 1 is 0.619 bits per heavy atom. The van der Waals surface area contributed by atoms with Crippen molar-refractivity contribution in [2.45, 2.75) is 0 Å². The second-order valence-electron chi connectivity index (χ2n) is 4.85. The van der Waals surface area contributed by atoms with Crippen molar-refractivity contribution < 1.29 is 5.11 Å². The number of benzene rings is 3. The van der Waals surface area contributed by atoms with Crippen LogP contribution >= 0.6 is 0 Å². The van der Waals surface area contributed by atoms with Gasteiger partial charge in [0.15, 0.2) is 0 Å². The summed E-state index contributed by atoms with van der Waals surface area (Å²) in [7, 11) is 0. The Labute approximate surface area is 124 Å². The van der Waals surface area contributed by atoms with Crippen LogP contribution in [0, 0.1) is 0 Å². The van der Waals surface area contributed by atoms with Gasteiger partial charge in [-0.15, -0.1) is 0 Å². The summed E-state index contributed by atoms with van der Waals surface area (Å²) in [6.45, 7) is 0. The maximum Gasteiger partial charge on any atom is 0.130 e. The molecular formula is C20H16O. The van der Waals surface area contributed by atoms with Crippen LogP contribution in [0.25, 0.3) is 23.3 Å². The van der Waals surface area contributed by atoms with E-state index in [0.717, 1.165) is 22.3 Å². The van der Waals surface area contributed by atoms with E-state index in [1.54, 1.807) is 0 Å². The summed E-state index contributed by atoms with van der Waals surface area (Å²) in [6.07, 6.45) is 3.95. The first-order valence-electron chi connectivity index (χ1n) is 6.95. The van der Waals surface area contributed by atoms with Gasteiger partial charge in [-0.2, -0.15) is 0 Å². The third-order valence-electron chi connectivity index (χ3n) is 3.41. The Morgan fingerprint density at radius 3 is 2.00 bits per heavy atom. The summed E-state index contributed by atoms with van der Waals surface area (Å²) in [5.41, 5.74) is 3.80. The van der Waals surface area contributed by atoms with Gasteiger partial charge in [0.2, 0.25) is 0 Å². The lowest BCUT2D eigenvalue weighted by atomic mass is 10.0. The van der Waals surface area contributed by atoms with E-state index in [9.17, 15) is 5.11 Å². The van der Waals surface area contributed by atoms with Crippen LogP contribution in [-0.4, -0.2) is 5.11 Å². The minimum absolute atomic E-state index is 0.316. The molecule has 0 spiro atoms. The van der Waals surface area contributed by atoms with E-state index < -0.39 is 0 Å². The van der Waals surface area contributed by atoms with Crippen LogP contribution in [0.5, 0.6) is 5.75 Å². The van der Waals surface area contributed by atoms with Gasteiger partial charge in [0.05, 0.1) is 0 Å². The molecule has 0 saturated heterocycles. The van der Waals surface area contributed by atoms with Crippen molar-refractivity contribution in [2.75, 3.05) is 0 Å². The van der Waals surface area contributed by atoms with Gasteiger partial charge in [-0.1, -0.05) is 91.0 Å². The quantitative estimate of drug-likeness (QED) is 0.647. The standard InChI is InChI=1S/C20H16O/c21-20-18(15-14-16-8-3-1-4-9-16)12-7-13-19(20)17-10-5-2-6-11-17/h1-15,21H. The molecule has 0 aromatic heterocycles. The highest BCUT2D eigenvalue weighted by Gasteiger charge is 2.06. The van der Waals surface area contributed by atoms with Crippen molar-refractivity contribution >= 4 is 12.2 Å². The van der Waals surface area contributed by atoms with Gasteiger partial charge in [-0.3, -0.25) is 0 Å². The second-order valence-corrected chi connectivity index (χ2v) is 4.85. The number of hydrogen-bond donors (Lipinski definition) is 1. The topological polar surface area (TPSA) is 20.2 Å². The zero-order valence-corrected chi connectivity index (χ0v) is 11.6. The van der Waals surface area contributed by atoms with E-state index in [-0.39, 0.29) is 0 Å². The largest absolute Gasteiger partial charge is 0.507 e. The van der Waals surface area contributed by atoms with Crippen molar-refractivity contribution in [2.24, 2.45) is 0 Å². The van der Waals surface area contributed by atoms with Crippen LogP contribution in [0.2, 0.25) is 0 Å². The Kier molecular flexibility index (Phi) is 3.83. The molecule has 3 aromatic rings. The van der Waals surface area contributed by atoms with Crippen molar-refractivity contribution in [1.82, 2.24) is 0 Å². The fraction of sp³-hybridized carbons (Fsp3) is 0. The van der Waals surface area contributed by atoms with Crippen LogP contribution in [0.1, 0.15) is 11.1 Å². The minimum Gasteiger partial charge on any atom is -0.507 e. The van der Waals surface area contributed by atoms with Crippen LogP contribution in [0.3, 0.4) is 0 Å². The molecule has 1 nitrogen and oxygen atoms in total. The van der Waals surface area contributed by atoms with Crippen molar-refractivity contribution in [3.05, 3.63) is 90.0 Å². The highest BCUT2D eigenvalue weighted by molar-refractivity contribution is 5.80. The zero-order valence-electron chi connectivity index (χ0n) is 11.6. The SMILES string of the molecule is Oc1c(C=Cc2ccccc2)cccc1-c1ccccc1. The van der Waals surface area contributed by atoms with Gasteiger partial charge in [0.25, 0.3) is 0 Å². The Hall–Kier alpha value is -2.80. The van der Waals surface area contributed by atoms with E-state index in [1.165, 1.54) is 0 Å². The van der Waals surface area contributed by atoms with Crippen molar-refractivity contribution in [3.63, 3.8) is 0 Å². The summed E-state index contributed by atoms with van der Waals surface area (Å²) in [6, 6.07) is 25.8. The predicted molar refractivity (Wildman–Crippen MR) is 88.9 cm³/mol. The molecule has 3 aromatic carbocycles. The van der Waals surface area contributed by atoms with E-state index in [4.69, 9.17) is 0 Å².